The smallest absolute Gasteiger partial charge is 0.324 e. The Hall–Kier alpha value is -2.53. The minimum absolute atomic E-state index is 0.270. The number of alkyl halides is 3. The average molecular weight is 422 g/mol. The number of para-hydroxylation sites is 1. The van der Waals surface area contributed by atoms with Crippen LogP contribution in [0.15, 0.2) is 47.4 Å². The minimum atomic E-state index is -4.72. The number of amides is 1. The second kappa shape index (κ2) is 8.23. The van der Waals surface area contributed by atoms with Gasteiger partial charge in [0.05, 0.1) is 17.8 Å². The van der Waals surface area contributed by atoms with E-state index in [1.807, 2.05) is 5.32 Å². The van der Waals surface area contributed by atoms with Gasteiger partial charge in [0.15, 0.2) is 0 Å². The molecule has 2 aromatic carbocycles. The zero-order valence-corrected chi connectivity index (χ0v) is 15.2. The predicted molar refractivity (Wildman–Crippen MR) is 90.9 cm³/mol. The van der Waals surface area contributed by atoms with Crippen LogP contribution in [-0.2, 0) is 21.0 Å². The Morgan fingerprint density at radius 3 is 2.32 bits per heavy atom. The Bertz CT molecular complexity index is 977. The van der Waals surface area contributed by atoms with E-state index in [2.05, 4.69) is 0 Å². The summed E-state index contributed by atoms with van der Waals surface area (Å²) < 4.78 is 91.4. The highest BCUT2D eigenvalue weighted by atomic mass is 32.2. The molecular weight excluding hydrogens is 407 g/mol. The van der Waals surface area contributed by atoms with Gasteiger partial charge in [0.2, 0.25) is 15.9 Å². The molecule has 0 aliphatic rings. The topological polar surface area (TPSA) is 66.5 Å². The van der Waals surface area contributed by atoms with Crippen LogP contribution in [-0.4, -0.2) is 31.7 Å². The molecule has 11 heteroatoms. The van der Waals surface area contributed by atoms with Gasteiger partial charge >= 0.3 is 6.18 Å². The molecule has 152 valence electrons. The van der Waals surface area contributed by atoms with E-state index in [1.165, 1.54) is 13.0 Å². The van der Waals surface area contributed by atoms with E-state index in [1.54, 1.807) is 0 Å². The van der Waals surface area contributed by atoms with Crippen LogP contribution in [0.4, 0.5) is 27.6 Å². The molecule has 1 amide bonds. The highest BCUT2D eigenvalue weighted by Gasteiger charge is 2.34. The fourth-order valence-corrected chi connectivity index (χ4v) is 3.83. The van der Waals surface area contributed by atoms with Crippen molar-refractivity contribution in [2.24, 2.45) is 0 Å². The van der Waals surface area contributed by atoms with Crippen molar-refractivity contribution in [2.75, 3.05) is 18.4 Å². The molecule has 0 unspecified atom stereocenters. The maximum atomic E-state index is 13.8. The van der Waals surface area contributed by atoms with Gasteiger partial charge in [-0.15, -0.1) is 0 Å². The first-order valence-electron chi connectivity index (χ1n) is 7.88. The van der Waals surface area contributed by atoms with E-state index >= 15 is 0 Å². The van der Waals surface area contributed by atoms with Crippen molar-refractivity contribution in [1.29, 1.82) is 0 Å². The number of anilines is 1. The summed E-state index contributed by atoms with van der Waals surface area (Å²) in [5.41, 5.74) is -1.64. The molecule has 0 aromatic heterocycles. The van der Waals surface area contributed by atoms with Crippen LogP contribution >= 0.6 is 0 Å². The lowest BCUT2D eigenvalue weighted by molar-refractivity contribution is -0.137. The van der Waals surface area contributed by atoms with Crippen LogP contribution in [0.5, 0.6) is 0 Å². The normalized spacial score (nSPS) is 12.2. The van der Waals surface area contributed by atoms with E-state index in [-0.39, 0.29) is 6.54 Å². The van der Waals surface area contributed by atoms with Gasteiger partial charge < -0.3 is 5.32 Å². The molecule has 5 nitrogen and oxygen atoms in total. The minimum Gasteiger partial charge on any atom is -0.324 e. The number of likely N-dealkylation sites (N-methyl/N-ethyl adjacent to an activating group) is 1. The van der Waals surface area contributed by atoms with Crippen molar-refractivity contribution >= 4 is 21.6 Å². The van der Waals surface area contributed by atoms with Gasteiger partial charge in [0.25, 0.3) is 0 Å². The molecule has 0 saturated heterocycles. The maximum absolute atomic E-state index is 13.8. The van der Waals surface area contributed by atoms with Crippen LogP contribution in [0.2, 0.25) is 0 Å². The number of rotatable bonds is 6. The third-order valence-corrected chi connectivity index (χ3v) is 5.65. The first-order valence-corrected chi connectivity index (χ1v) is 9.32. The average Bonchev–Trinajstić information content (AvgIpc) is 2.58. The molecule has 0 radical (unpaired) electrons. The van der Waals surface area contributed by atoms with Crippen LogP contribution in [0.25, 0.3) is 0 Å². The third kappa shape index (κ3) is 4.84. The summed E-state index contributed by atoms with van der Waals surface area (Å²) >= 11 is 0. The summed E-state index contributed by atoms with van der Waals surface area (Å²) in [4.78, 5) is 11.3. The van der Waals surface area contributed by atoms with Crippen molar-refractivity contribution in [3.05, 3.63) is 59.7 Å². The van der Waals surface area contributed by atoms with E-state index in [0.717, 1.165) is 24.3 Å². The number of carbonyl (C=O) groups excluding carboxylic acids is 1. The number of nitrogens with one attached hydrogen (secondary N) is 1. The molecule has 1 N–H and O–H groups in total. The van der Waals surface area contributed by atoms with Crippen molar-refractivity contribution in [3.8, 4) is 0 Å². The molecule has 2 rings (SSSR count). The summed E-state index contributed by atoms with van der Waals surface area (Å²) in [6.07, 6.45) is -4.72. The first-order chi connectivity index (χ1) is 13.0. The number of sulfonamides is 1. The summed E-state index contributed by atoms with van der Waals surface area (Å²) in [6, 6.07) is 6.01. The highest BCUT2D eigenvalue weighted by molar-refractivity contribution is 7.89. The first kappa shape index (κ1) is 21.8. The van der Waals surface area contributed by atoms with Crippen LogP contribution in [0.1, 0.15) is 12.5 Å². The summed E-state index contributed by atoms with van der Waals surface area (Å²) in [5, 5.41) is 2.01. The summed E-state index contributed by atoms with van der Waals surface area (Å²) in [7, 11) is -4.52. The molecule has 0 atom stereocenters. The number of hydrogen-bond donors (Lipinski definition) is 1. The number of halogens is 5. The zero-order valence-electron chi connectivity index (χ0n) is 14.4. The monoisotopic (exact) mass is 422 g/mol. The molecule has 0 aliphatic carbocycles. The lowest BCUT2D eigenvalue weighted by Crippen LogP contribution is -2.38. The molecule has 0 bridgehead atoms. The number of nitrogens with zero attached hydrogens (tertiary/aromatic N) is 1. The van der Waals surface area contributed by atoms with E-state index in [0.29, 0.717) is 16.4 Å². The quantitative estimate of drug-likeness (QED) is 0.723. The lowest BCUT2D eigenvalue weighted by atomic mass is 10.1. The predicted octanol–water partition coefficient (Wildman–Crippen LogP) is 3.63. The fraction of sp³-hybridized carbons (Fsp3) is 0.235. The molecular formula is C17H15F5N2O3S. The largest absolute Gasteiger partial charge is 0.418 e. The second-order valence-corrected chi connectivity index (χ2v) is 7.50. The fourth-order valence-electron chi connectivity index (χ4n) is 2.38. The number of benzene rings is 2. The Balaban J connectivity index is 2.25. The molecule has 0 saturated carbocycles. The highest BCUT2D eigenvalue weighted by Crippen LogP contribution is 2.34. The molecule has 0 aliphatic heterocycles. The Morgan fingerprint density at radius 2 is 1.75 bits per heavy atom. The SMILES string of the molecule is CCN(CC(=O)Nc1ccccc1C(F)(F)F)S(=O)(=O)c1ccc(F)cc1F. The molecule has 0 heterocycles. The van der Waals surface area contributed by atoms with E-state index in [9.17, 15) is 35.2 Å². The maximum Gasteiger partial charge on any atom is 0.418 e. The van der Waals surface area contributed by atoms with Gasteiger partial charge in [-0.3, -0.25) is 4.79 Å². The summed E-state index contributed by atoms with van der Waals surface area (Å²) in [5.74, 6) is -3.38. The van der Waals surface area contributed by atoms with E-state index < -0.39 is 56.4 Å². The second-order valence-electron chi connectivity index (χ2n) is 5.60. The molecule has 2 aromatic rings. The van der Waals surface area contributed by atoms with Gasteiger partial charge in [0.1, 0.15) is 16.5 Å². The third-order valence-electron chi connectivity index (χ3n) is 3.69. The van der Waals surface area contributed by atoms with Gasteiger partial charge in [-0.25, -0.2) is 17.2 Å². The van der Waals surface area contributed by atoms with Gasteiger partial charge in [-0.05, 0) is 24.3 Å². The van der Waals surface area contributed by atoms with Crippen LogP contribution in [0.3, 0.4) is 0 Å². The van der Waals surface area contributed by atoms with Crippen molar-refractivity contribution < 1.29 is 35.2 Å². The molecule has 0 fully saturated rings. The van der Waals surface area contributed by atoms with Crippen LogP contribution in [0, 0.1) is 11.6 Å². The van der Waals surface area contributed by atoms with Gasteiger partial charge in [0, 0.05) is 12.6 Å². The Kier molecular flexibility index (Phi) is 6.40. The Morgan fingerprint density at radius 1 is 1.11 bits per heavy atom. The van der Waals surface area contributed by atoms with Crippen LogP contribution < -0.4 is 5.32 Å². The summed E-state index contributed by atoms with van der Waals surface area (Å²) in [6.45, 7) is 0.227. The van der Waals surface area contributed by atoms with Gasteiger partial charge in [-0.1, -0.05) is 19.1 Å². The van der Waals surface area contributed by atoms with E-state index in [4.69, 9.17) is 0 Å². The van der Waals surface area contributed by atoms with Gasteiger partial charge in [-0.2, -0.15) is 17.5 Å². The molecule has 0 spiro atoms. The number of carbonyl (C=O) groups is 1. The van der Waals surface area contributed by atoms with Crippen molar-refractivity contribution in [2.45, 2.75) is 18.0 Å². The van der Waals surface area contributed by atoms with Crippen molar-refractivity contribution in [3.63, 3.8) is 0 Å². The van der Waals surface area contributed by atoms with Crippen molar-refractivity contribution in [1.82, 2.24) is 4.31 Å². The molecule has 28 heavy (non-hydrogen) atoms. The standard InChI is InChI=1S/C17H15F5N2O3S/c1-2-24(28(26,27)15-8-7-11(18)9-13(15)19)10-16(25)23-14-6-4-3-5-12(14)17(20,21)22/h3-9H,2,10H2,1H3,(H,23,25). The zero-order chi connectivity index (χ0) is 21.1. The Labute approximate surface area is 157 Å². The number of hydrogen-bond acceptors (Lipinski definition) is 3. The lowest BCUT2D eigenvalue weighted by Gasteiger charge is -2.21.